The van der Waals surface area contributed by atoms with Crippen molar-refractivity contribution in [2.45, 2.75) is 13.8 Å². The van der Waals surface area contributed by atoms with Crippen LogP contribution in [-0.4, -0.2) is 54.1 Å². The molecule has 2 heterocycles. The van der Waals surface area contributed by atoms with Crippen LogP contribution in [0.2, 0.25) is 0 Å². The summed E-state index contributed by atoms with van der Waals surface area (Å²) in [6, 6.07) is 1.98. The highest BCUT2D eigenvalue weighted by Crippen LogP contribution is 2.16. The summed E-state index contributed by atoms with van der Waals surface area (Å²) >= 11 is 3.42. The van der Waals surface area contributed by atoms with Crippen molar-refractivity contribution in [1.29, 1.82) is 0 Å². The van der Waals surface area contributed by atoms with Crippen molar-refractivity contribution in [2.24, 2.45) is 0 Å². The lowest BCUT2D eigenvalue weighted by molar-refractivity contribution is 0.281. The zero-order chi connectivity index (χ0) is 14.5. The van der Waals surface area contributed by atoms with Crippen LogP contribution >= 0.6 is 15.9 Å². The van der Waals surface area contributed by atoms with E-state index in [1.54, 1.807) is 0 Å². The average molecular weight is 340 g/mol. The number of aryl methyl sites for hydroxylation is 1. The first-order valence-electron chi connectivity index (χ1n) is 6.98. The van der Waals surface area contributed by atoms with Gasteiger partial charge in [-0.15, -0.1) is 0 Å². The Balaban J connectivity index is 2.01. The maximum atomic E-state index is 4.59. The second kappa shape index (κ2) is 7.04. The summed E-state index contributed by atoms with van der Waals surface area (Å²) in [5, 5.41) is 3.26. The van der Waals surface area contributed by atoms with E-state index in [1.165, 1.54) is 0 Å². The third-order valence-electron chi connectivity index (χ3n) is 3.25. The van der Waals surface area contributed by atoms with Crippen LogP contribution in [0.3, 0.4) is 0 Å². The fraction of sp³-hybridized carbons (Fsp3) is 0.571. The monoisotopic (exact) mass is 339 g/mol. The molecule has 0 saturated carbocycles. The molecule has 20 heavy (non-hydrogen) atoms. The average Bonchev–Trinajstić information content (AvgIpc) is 2.38. The van der Waals surface area contributed by atoms with Crippen molar-refractivity contribution in [3.63, 3.8) is 0 Å². The van der Waals surface area contributed by atoms with Crippen LogP contribution in [-0.2, 0) is 0 Å². The first kappa shape index (κ1) is 15.3. The van der Waals surface area contributed by atoms with Crippen molar-refractivity contribution >= 4 is 27.7 Å². The first-order valence-corrected chi connectivity index (χ1v) is 7.78. The molecule has 0 atom stereocenters. The maximum Gasteiger partial charge on any atom is 0.227 e. The van der Waals surface area contributed by atoms with Crippen LogP contribution in [0.4, 0.5) is 11.8 Å². The summed E-state index contributed by atoms with van der Waals surface area (Å²) < 4.78 is 1.03. The molecule has 0 aromatic carbocycles. The second-order valence-electron chi connectivity index (χ2n) is 5.01. The minimum Gasteiger partial charge on any atom is -0.370 e. The van der Waals surface area contributed by atoms with Crippen molar-refractivity contribution in [3.05, 3.63) is 22.8 Å². The molecule has 1 aliphatic heterocycles. The van der Waals surface area contributed by atoms with E-state index in [2.05, 4.69) is 54.5 Å². The summed E-state index contributed by atoms with van der Waals surface area (Å²) in [5.74, 6) is 1.74. The molecule has 6 heteroatoms. The normalized spacial score (nSPS) is 16.2. The number of halogens is 1. The van der Waals surface area contributed by atoms with Crippen LogP contribution in [0.15, 0.2) is 17.1 Å². The third kappa shape index (κ3) is 4.18. The SMILES string of the molecule is C=C(Br)CN1CCN(c2nc(C)cc(NCC)n2)CC1. The topological polar surface area (TPSA) is 44.3 Å². The summed E-state index contributed by atoms with van der Waals surface area (Å²) in [4.78, 5) is 13.8. The second-order valence-corrected chi connectivity index (χ2v) is 6.13. The molecule has 1 aromatic rings. The Hall–Kier alpha value is -1.14. The molecule has 0 radical (unpaired) electrons. The molecule has 1 N–H and O–H groups in total. The summed E-state index contributed by atoms with van der Waals surface area (Å²) in [5.41, 5.74) is 1.00. The van der Waals surface area contributed by atoms with E-state index in [1.807, 2.05) is 13.0 Å². The van der Waals surface area contributed by atoms with Gasteiger partial charge in [-0.25, -0.2) is 4.98 Å². The highest BCUT2D eigenvalue weighted by atomic mass is 79.9. The molecule has 0 amide bonds. The zero-order valence-corrected chi connectivity index (χ0v) is 13.8. The van der Waals surface area contributed by atoms with Crippen molar-refractivity contribution in [2.75, 3.05) is 49.5 Å². The Kier molecular flexibility index (Phi) is 5.37. The molecule has 0 spiro atoms. The van der Waals surface area contributed by atoms with Gasteiger partial charge in [-0.1, -0.05) is 22.5 Å². The van der Waals surface area contributed by atoms with E-state index in [-0.39, 0.29) is 0 Å². The highest BCUT2D eigenvalue weighted by molar-refractivity contribution is 9.11. The number of piperazine rings is 1. The largest absolute Gasteiger partial charge is 0.370 e. The van der Waals surface area contributed by atoms with Crippen LogP contribution in [0.25, 0.3) is 0 Å². The number of rotatable bonds is 5. The van der Waals surface area contributed by atoms with Gasteiger partial charge >= 0.3 is 0 Å². The smallest absolute Gasteiger partial charge is 0.227 e. The molecule has 1 fully saturated rings. The van der Waals surface area contributed by atoms with E-state index < -0.39 is 0 Å². The van der Waals surface area contributed by atoms with Gasteiger partial charge in [0, 0.05) is 55.5 Å². The van der Waals surface area contributed by atoms with E-state index in [0.717, 1.165) is 61.2 Å². The number of hydrogen-bond acceptors (Lipinski definition) is 5. The zero-order valence-electron chi connectivity index (χ0n) is 12.2. The lowest BCUT2D eigenvalue weighted by Crippen LogP contribution is -2.47. The Morgan fingerprint density at radius 2 is 2.05 bits per heavy atom. The Bertz CT molecular complexity index is 469. The molecule has 0 unspecified atom stereocenters. The molecule has 1 saturated heterocycles. The number of aromatic nitrogens is 2. The van der Waals surface area contributed by atoms with Gasteiger partial charge in [0.2, 0.25) is 5.95 Å². The number of nitrogens with one attached hydrogen (secondary N) is 1. The van der Waals surface area contributed by atoms with Gasteiger partial charge in [-0.3, -0.25) is 4.90 Å². The minimum absolute atomic E-state index is 0.832. The number of nitrogens with zero attached hydrogens (tertiary/aromatic N) is 4. The Labute approximate surface area is 129 Å². The van der Waals surface area contributed by atoms with Gasteiger partial charge in [-0.05, 0) is 13.8 Å². The van der Waals surface area contributed by atoms with E-state index >= 15 is 0 Å². The molecule has 0 bridgehead atoms. The van der Waals surface area contributed by atoms with E-state index in [9.17, 15) is 0 Å². The number of anilines is 2. The Morgan fingerprint density at radius 1 is 1.35 bits per heavy atom. The molecular weight excluding hydrogens is 318 g/mol. The van der Waals surface area contributed by atoms with Gasteiger partial charge in [0.1, 0.15) is 5.82 Å². The minimum atomic E-state index is 0.832. The van der Waals surface area contributed by atoms with Gasteiger partial charge in [0.25, 0.3) is 0 Å². The molecule has 1 aromatic heterocycles. The molecule has 5 nitrogen and oxygen atoms in total. The molecule has 2 rings (SSSR count). The van der Waals surface area contributed by atoms with E-state index in [4.69, 9.17) is 0 Å². The summed E-state index contributed by atoms with van der Waals surface area (Å²) in [7, 11) is 0. The predicted octanol–water partition coefficient (Wildman–Crippen LogP) is 2.25. The Morgan fingerprint density at radius 3 is 2.65 bits per heavy atom. The fourth-order valence-corrected chi connectivity index (χ4v) is 2.67. The lowest BCUT2D eigenvalue weighted by atomic mass is 10.3. The van der Waals surface area contributed by atoms with Gasteiger partial charge in [0.15, 0.2) is 0 Å². The molecular formula is C14H22BrN5. The van der Waals surface area contributed by atoms with Crippen LogP contribution in [0.1, 0.15) is 12.6 Å². The number of hydrogen-bond donors (Lipinski definition) is 1. The quantitative estimate of drug-likeness (QED) is 0.891. The van der Waals surface area contributed by atoms with Crippen molar-refractivity contribution in [1.82, 2.24) is 14.9 Å². The van der Waals surface area contributed by atoms with Crippen LogP contribution in [0.5, 0.6) is 0 Å². The standard InChI is InChI=1S/C14H22BrN5/c1-4-16-13-9-12(3)17-14(18-13)20-7-5-19(6-8-20)10-11(2)15/h9H,2,4-8,10H2,1,3H3,(H,16,17,18). The summed E-state index contributed by atoms with van der Waals surface area (Å²) in [6.07, 6.45) is 0. The van der Waals surface area contributed by atoms with Crippen LogP contribution in [0, 0.1) is 6.92 Å². The van der Waals surface area contributed by atoms with Gasteiger partial charge in [-0.2, -0.15) is 4.98 Å². The first-order chi connectivity index (χ1) is 9.58. The lowest BCUT2D eigenvalue weighted by Gasteiger charge is -2.34. The van der Waals surface area contributed by atoms with E-state index in [0.29, 0.717) is 0 Å². The van der Waals surface area contributed by atoms with Gasteiger partial charge < -0.3 is 10.2 Å². The highest BCUT2D eigenvalue weighted by Gasteiger charge is 2.19. The maximum absolute atomic E-state index is 4.59. The fourth-order valence-electron chi connectivity index (χ4n) is 2.31. The van der Waals surface area contributed by atoms with Crippen molar-refractivity contribution < 1.29 is 0 Å². The molecule has 0 aliphatic carbocycles. The molecule has 110 valence electrons. The van der Waals surface area contributed by atoms with Crippen molar-refractivity contribution in [3.8, 4) is 0 Å². The summed E-state index contributed by atoms with van der Waals surface area (Å²) in [6.45, 7) is 13.7. The third-order valence-corrected chi connectivity index (χ3v) is 3.50. The van der Waals surface area contributed by atoms with Gasteiger partial charge in [0.05, 0.1) is 0 Å². The molecule has 1 aliphatic rings. The van der Waals surface area contributed by atoms with Crippen LogP contribution < -0.4 is 10.2 Å². The predicted molar refractivity (Wildman–Crippen MR) is 87.7 cm³/mol.